The van der Waals surface area contributed by atoms with Crippen LogP contribution in [-0.4, -0.2) is 35.5 Å². The van der Waals surface area contributed by atoms with E-state index in [2.05, 4.69) is 15.7 Å². The first-order chi connectivity index (χ1) is 17.1. The van der Waals surface area contributed by atoms with Crippen molar-refractivity contribution < 1.29 is 23.8 Å². The zero-order valence-corrected chi connectivity index (χ0v) is 19.9. The monoisotopic (exact) mass is 492 g/mol. The molecule has 0 saturated heterocycles. The lowest BCUT2D eigenvalue weighted by Crippen LogP contribution is -2.28. The summed E-state index contributed by atoms with van der Waals surface area (Å²) in [5.41, 5.74) is 3.63. The highest BCUT2D eigenvalue weighted by Crippen LogP contribution is 2.35. The molecule has 0 fully saturated rings. The Bertz CT molecular complexity index is 1290. The van der Waals surface area contributed by atoms with E-state index < -0.39 is 0 Å². The van der Waals surface area contributed by atoms with E-state index in [1.54, 1.807) is 29.6 Å². The summed E-state index contributed by atoms with van der Waals surface area (Å²) in [6.07, 6.45) is 3.15. The average Bonchev–Trinajstić information content (AvgIpc) is 3.59. The van der Waals surface area contributed by atoms with Crippen molar-refractivity contribution in [2.75, 3.05) is 19.2 Å². The maximum atomic E-state index is 12.7. The van der Waals surface area contributed by atoms with Crippen LogP contribution in [0.2, 0.25) is 0 Å². The Balaban J connectivity index is 1.23. The van der Waals surface area contributed by atoms with Crippen LogP contribution >= 0.6 is 11.8 Å². The van der Waals surface area contributed by atoms with E-state index >= 15 is 0 Å². The number of rotatable bonds is 8. The number of ether oxygens (including phenoxy) is 3. The minimum absolute atomic E-state index is 0.00924. The lowest BCUT2D eigenvalue weighted by Gasteiger charge is -2.11. The number of thioether (sulfide) groups is 1. The lowest BCUT2D eigenvalue weighted by molar-refractivity contribution is -0.122. The average molecular weight is 493 g/mol. The van der Waals surface area contributed by atoms with Crippen LogP contribution < -0.4 is 24.8 Å². The topological polar surface area (TPSA) is 104 Å². The van der Waals surface area contributed by atoms with Crippen LogP contribution in [0.1, 0.15) is 22.4 Å². The van der Waals surface area contributed by atoms with E-state index in [9.17, 15) is 9.59 Å². The number of carbonyl (C=O) groups excluding carboxylic acids is 2. The minimum Gasteiger partial charge on any atom is -0.497 e. The number of nitrogens with one attached hydrogen (secondary N) is 2. The van der Waals surface area contributed by atoms with Crippen molar-refractivity contribution in [2.45, 2.75) is 24.6 Å². The molecule has 0 aliphatic carbocycles. The van der Waals surface area contributed by atoms with Gasteiger partial charge in [0.1, 0.15) is 18.1 Å². The predicted molar refractivity (Wildman–Crippen MR) is 132 cm³/mol. The number of benzene rings is 2. The third kappa shape index (κ3) is 5.27. The standard InChI is InChI=1S/C25H24N4O5S/c1-32-18-6-2-17(3-7-18)11-26-24(31)12-29-25(19-13-35-14-20(19)28-29)27-23(30)9-5-16-4-8-21-22(10-16)34-15-33-21/h2-10H,11-15H2,1H3,(H,26,31)(H,27,30)/b9-5+. The second-order valence-electron chi connectivity index (χ2n) is 7.98. The molecule has 2 N–H and O–H groups in total. The van der Waals surface area contributed by atoms with Crippen molar-refractivity contribution in [1.29, 1.82) is 0 Å². The largest absolute Gasteiger partial charge is 0.497 e. The van der Waals surface area contributed by atoms with E-state index in [1.807, 2.05) is 42.5 Å². The maximum absolute atomic E-state index is 12.7. The Morgan fingerprint density at radius 3 is 2.80 bits per heavy atom. The van der Waals surface area contributed by atoms with Crippen LogP contribution in [0.4, 0.5) is 5.82 Å². The van der Waals surface area contributed by atoms with Gasteiger partial charge in [0.15, 0.2) is 11.5 Å². The summed E-state index contributed by atoms with van der Waals surface area (Å²) >= 11 is 1.73. The molecule has 35 heavy (non-hydrogen) atoms. The molecule has 2 aromatic carbocycles. The fraction of sp³-hybridized carbons (Fsp3) is 0.240. The van der Waals surface area contributed by atoms with Crippen LogP contribution in [0.5, 0.6) is 17.2 Å². The number of hydrogen-bond acceptors (Lipinski definition) is 7. The molecule has 3 heterocycles. The fourth-order valence-corrected chi connectivity index (χ4v) is 4.84. The number of aromatic nitrogens is 2. The second kappa shape index (κ2) is 10.1. The summed E-state index contributed by atoms with van der Waals surface area (Å²) in [5.74, 6) is 3.66. The number of methoxy groups -OCH3 is 1. The molecule has 0 saturated carbocycles. The fourth-order valence-electron chi connectivity index (χ4n) is 3.80. The van der Waals surface area contributed by atoms with Crippen LogP contribution in [-0.2, 0) is 34.2 Å². The van der Waals surface area contributed by atoms with Crippen molar-refractivity contribution in [2.24, 2.45) is 0 Å². The molecule has 10 heteroatoms. The summed E-state index contributed by atoms with van der Waals surface area (Å²) < 4.78 is 17.4. The van der Waals surface area contributed by atoms with E-state index in [0.29, 0.717) is 23.9 Å². The molecule has 2 amide bonds. The molecule has 0 unspecified atom stereocenters. The second-order valence-corrected chi connectivity index (χ2v) is 8.97. The van der Waals surface area contributed by atoms with Crippen LogP contribution in [0.3, 0.4) is 0 Å². The normalized spacial score (nSPS) is 13.6. The van der Waals surface area contributed by atoms with Crippen LogP contribution in [0, 0.1) is 0 Å². The molecule has 0 atom stereocenters. The van der Waals surface area contributed by atoms with Gasteiger partial charge in [-0.05, 0) is 41.5 Å². The molecule has 180 valence electrons. The van der Waals surface area contributed by atoms with Crippen molar-refractivity contribution >= 4 is 35.5 Å². The van der Waals surface area contributed by atoms with Gasteiger partial charge in [0.25, 0.3) is 0 Å². The molecule has 5 rings (SSSR count). The molecule has 2 aliphatic heterocycles. The van der Waals surface area contributed by atoms with Crippen molar-refractivity contribution in [3.05, 3.63) is 70.9 Å². The number of carbonyl (C=O) groups is 2. The van der Waals surface area contributed by atoms with Gasteiger partial charge in [-0.2, -0.15) is 16.9 Å². The molecular weight excluding hydrogens is 468 g/mol. The summed E-state index contributed by atoms with van der Waals surface area (Å²) in [4.78, 5) is 25.3. The number of fused-ring (bicyclic) bond motifs is 2. The maximum Gasteiger partial charge on any atom is 0.249 e. The first-order valence-corrected chi connectivity index (χ1v) is 12.2. The SMILES string of the molecule is COc1ccc(CNC(=O)Cn2nc3c(c2NC(=O)/C=C/c2ccc4c(c2)OCO4)CSC3)cc1. The molecular formula is C25H24N4O5S. The van der Waals surface area contributed by atoms with Gasteiger partial charge in [0, 0.05) is 29.7 Å². The van der Waals surface area contributed by atoms with Crippen LogP contribution in [0.15, 0.2) is 48.5 Å². The molecule has 2 aliphatic rings. The van der Waals surface area contributed by atoms with E-state index in [0.717, 1.165) is 39.6 Å². The van der Waals surface area contributed by atoms with Crippen molar-refractivity contribution in [3.63, 3.8) is 0 Å². The zero-order chi connectivity index (χ0) is 24.2. The smallest absolute Gasteiger partial charge is 0.249 e. The molecule has 0 bridgehead atoms. The third-order valence-corrected chi connectivity index (χ3v) is 6.60. The predicted octanol–water partition coefficient (Wildman–Crippen LogP) is 3.34. The molecule has 1 aromatic heterocycles. The Kier molecular flexibility index (Phi) is 6.62. The number of anilines is 1. The Hall–Kier alpha value is -3.92. The van der Waals surface area contributed by atoms with Gasteiger partial charge in [0.05, 0.1) is 12.8 Å². The van der Waals surface area contributed by atoms with Crippen molar-refractivity contribution in [3.8, 4) is 17.2 Å². The van der Waals surface area contributed by atoms with E-state index in [1.165, 1.54) is 6.08 Å². The minimum atomic E-state index is -0.304. The van der Waals surface area contributed by atoms with Gasteiger partial charge in [0.2, 0.25) is 18.6 Å². The van der Waals surface area contributed by atoms with Gasteiger partial charge in [-0.1, -0.05) is 18.2 Å². The Labute approximate surface area is 206 Å². The van der Waals surface area contributed by atoms with Gasteiger partial charge >= 0.3 is 0 Å². The first-order valence-electron chi connectivity index (χ1n) is 11.0. The Morgan fingerprint density at radius 1 is 1.14 bits per heavy atom. The van der Waals surface area contributed by atoms with Gasteiger partial charge in [-0.15, -0.1) is 0 Å². The van der Waals surface area contributed by atoms with Gasteiger partial charge in [-0.3, -0.25) is 9.59 Å². The molecule has 3 aromatic rings. The highest BCUT2D eigenvalue weighted by molar-refractivity contribution is 7.98. The quantitative estimate of drug-likeness (QED) is 0.465. The lowest BCUT2D eigenvalue weighted by atomic mass is 10.2. The summed E-state index contributed by atoms with van der Waals surface area (Å²) in [6, 6.07) is 13.0. The van der Waals surface area contributed by atoms with E-state index in [-0.39, 0.29) is 25.2 Å². The third-order valence-electron chi connectivity index (χ3n) is 5.63. The number of nitrogens with zero attached hydrogens (tertiary/aromatic N) is 2. The van der Waals surface area contributed by atoms with E-state index in [4.69, 9.17) is 14.2 Å². The van der Waals surface area contributed by atoms with Gasteiger partial charge < -0.3 is 24.8 Å². The Morgan fingerprint density at radius 2 is 1.97 bits per heavy atom. The number of amides is 2. The van der Waals surface area contributed by atoms with Crippen molar-refractivity contribution in [1.82, 2.24) is 15.1 Å². The zero-order valence-electron chi connectivity index (χ0n) is 19.1. The summed E-state index contributed by atoms with van der Waals surface area (Å²) in [7, 11) is 1.61. The highest BCUT2D eigenvalue weighted by atomic mass is 32.2. The molecule has 9 nitrogen and oxygen atoms in total. The van der Waals surface area contributed by atoms with Crippen LogP contribution in [0.25, 0.3) is 6.08 Å². The molecule has 0 spiro atoms. The van der Waals surface area contributed by atoms with Gasteiger partial charge in [-0.25, -0.2) is 4.68 Å². The number of hydrogen-bond donors (Lipinski definition) is 2. The summed E-state index contributed by atoms with van der Waals surface area (Å²) in [5, 5.41) is 10.4. The summed E-state index contributed by atoms with van der Waals surface area (Å²) in [6.45, 7) is 0.596. The highest BCUT2D eigenvalue weighted by Gasteiger charge is 2.24. The molecule has 0 radical (unpaired) electrons. The first kappa shape index (κ1) is 22.9.